The number of nitrogens with zero attached hydrogens (tertiary/aromatic N) is 3. The molecule has 2 rings (SSSR count). The number of Topliss-reactive ketones (excluding diaryl/α,β-unsaturated/α-hetero) is 1. The Morgan fingerprint density at radius 1 is 0.944 bits per heavy atom. The lowest BCUT2D eigenvalue weighted by atomic mass is 10.2. The summed E-state index contributed by atoms with van der Waals surface area (Å²) >= 11 is 4.03. The number of benzene rings is 2. The van der Waals surface area contributed by atoms with Gasteiger partial charge in [-0.05, 0) is 60.7 Å². The Morgan fingerprint density at radius 2 is 1.56 bits per heavy atom. The highest BCUT2D eigenvalue weighted by Gasteiger charge is 2.13. The standard InChI is InChI=1S/C24H33N5O5S2/c1-29(2)21-9-5-19(6-10-21)27-28-20-7-11-23(12-8-20)36(32,33)26-14-16-34-15-13-22(30)18-25-24(31)4-3-17-35/h5-12,26,35H,3-4,13-18H2,1-2H3,(H,25,31). The van der Waals surface area contributed by atoms with Gasteiger partial charge in [-0.3, -0.25) is 9.59 Å². The van der Waals surface area contributed by atoms with Crippen molar-refractivity contribution < 1.29 is 22.7 Å². The molecule has 0 unspecified atom stereocenters. The van der Waals surface area contributed by atoms with E-state index in [4.69, 9.17) is 4.74 Å². The smallest absolute Gasteiger partial charge is 0.240 e. The van der Waals surface area contributed by atoms with Crippen molar-refractivity contribution in [3.8, 4) is 0 Å². The van der Waals surface area contributed by atoms with Crippen LogP contribution in [0.5, 0.6) is 0 Å². The lowest BCUT2D eigenvalue weighted by Gasteiger charge is -2.11. The third-order valence-corrected chi connectivity index (χ3v) is 6.70. The van der Waals surface area contributed by atoms with Crippen molar-refractivity contribution in [2.75, 3.05) is 51.1 Å². The number of hydrogen-bond acceptors (Lipinski definition) is 9. The molecule has 0 saturated heterocycles. The number of sulfonamides is 1. The van der Waals surface area contributed by atoms with Gasteiger partial charge in [0.25, 0.3) is 0 Å². The Labute approximate surface area is 218 Å². The quantitative estimate of drug-likeness (QED) is 0.172. The van der Waals surface area contributed by atoms with Gasteiger partial charge in [0.1, 0.15) is 0 Å². The van der Waals surface area contributed by atoms with Crippen LogP contribution in [0.4, 0.5) is 17.1 Å². The molecule has 196 valence electrons. The van der Waals surface area contributed by atoms with Gasteiger partial charge in [0.05, 0.1) is 36.0 Å². The molecule has 2 aromatic carbocycles. The van der Waals surface area contributed by atoms with Gasteiger partial charge in [0, 0.05) is 39.2 Å². The molecule has 0 radical (unpaired) electrons. The molecule has 0 aliphatic heterocycles. The highest BCUT2D eigenvalue weighted by atomic mass is 32.2. The van der Waals surface area contributed by atoms with Gasteiger partial charge >= 0.3 is 0 Å². The van der Waals surface area contributed by atoms with Gasteiger partial charge in [0.15, 0.2) is 5.78 Å². The van der Waals surface area contributed by atoms with Crippen LogP contribution in [0.25, 0.3) is 0 Å². The fourth-order valence-electron chi connectivity index (χ4n) is 2.86. The molecule has 1 amide bonds. The Morgan fingerprint density at radius 3 is 2.14 bits per heavy atom. The lowest BCUT2D eigenvalue weighted by molar-refractivity contribution is -0.125. The minimum absolute atomic E-state index is 0.0420. The molecule has 36 heavy (non-hydrogen) atoms. The zero-order valence-electron chi connectivity index (χ0n) is 20.5. The maximum Gasteiger partial charge on any atom is 0.240 e. The molecule has 0 saturated carbocycles. The van der Waals surface area contributed by atoms with E-state index in [9.17, 15) is 18.0 Å². The molecule has 0 atom stereocenters. The lowest BCUT2D eigenvalue weighted by Crippen LogP contribution is -2.30. The number of amides is 1. The largest absolute Gasteiger partial charge is 0.380 e. The molecule has 0 aliphatic rings. The third-order valence-electron chi connectivity index (χ3n) is 4.90. The van der Waals surface area contributed by atoms with E-state index in [1.165, 1.54) is 12.1 Å². The molecular formula is C24H33N5O5S2. The normalized spacial score (nSPS) is 11.5. The molecule has 2 aromatic rings. The molecule has 0 spiro atoms. The molecule has 0 aliphatic carbocycles. The first-order valence-corrected chi connectivity index (χ1v) is 13.6. The highest BCUT2D eigenvalue weighted by molar-refractivity contribution is 7.89. The third kappa shape index (κ3) is 10.9. The van der Waals surface area contributed by atoms with E-state index in [0.717, 1.165) is 5.69 Å². The molecule has 12 heteroatoms. The second kappa shape index (κ2) is 15.3. The molecule has 0 fully saturated rings. The van der Waals surface area contributed by atoms with Gasteiger partial charge in [-0.25, -0.2) is 13.1 Å². The maximum absolute atomic E-state index is 12.5. The van der Waals surface area contributed by atoms with Crippen molar-refractivity contribution in [2.24, 2.45) is 10.2 Å². The summed E-state index contributed by atoms with van der Waals surface area (Å²) in [5.74, 6) is 0.278. The van der Waals surface area contributed by atoms with Gasteiger partial charge in [-0.2, -0.15) is 22.9 Å². The predicted molar refractivity (Wildman–Crippen MR) is 143 cm³/mol. The first-order valence-electron chi connectivity index (χ1n) is 11.5. The summed E-state index contributed by atoms with van der Waals surface area (Å²) in [6.45, 7) is 0.269. The molecule has 10 nitrogen and oxygen atoms in total. The fourth-order valence-corrected chi connectivity index (χ4v) is 4.03. The molecule has 0 aromatic heterocycles. The Hall–Kier alpha value is -2.80. The number of rotatable bonds is 16. The summed E-state index contributed by atoms with van der Waals surface area (Å²) < 4.78 is 32.7. The predicted octanol–water partition coefficient (Wildman–Crippen LogP) is 3.25. The number of ether oxygens (including phenoxy) is 1. The zero-order valence-corrected chi connectivity index (χ0v) is 22.2. The van der Waals surface area contributed by atoms with Crippen LogP contribution >= 0.6 is 12.6 Å². The van der Waals surface area contributed by atoms with Crippen LogP contribution in [0.2, 0.25) is 0 Å². The van der Waals surface area contributed by atoms with Crippen molar-refractivity contribution in [3.63, 3.8) is 0 Å². The molecule has 0 heterocycles. The van der Waals surface area contributed by atoms with Crippen LogP contribution in [0.15, 0.2) is 63.7 Å². The van der Waals surface area contributed by atoms with Crippen molar-refractivity contribution in [2.45, 2.75) is 24.2 Å². The number of ketones is 1. The molecule has 0 bridgehead atoms. The van der Waals surface area contributed by atoms with Crippen LogP contribution in [0.3, 0.4) is 0 Å². The van der Waals surface area contributed by atoms with Crippen LogP contribution in [0.1, 0.15) is 19.3 Å². The van der Waals surface area contributed by atoms with Gasteiger partial charge in [-0.15, -0.1) is 0 Å². The number of carbonyl (C=O) groups excluding carboxylic acids is 2. The van der Waals surface area contributed by atoms with E-state index in [1.807, 2.05) is 43.3 Å². The SMILES string of the molecule is CN(C)c1ccc(N=Nc2ccc(S(=O)(=O)NCCOCCC(=O)CNC(=O)CCCS)cc2)cc1. The second-order valence-electron chi connectivity index (χ2n) is 8.01. The van der Waals surface area contributed by atoms with E-state index < -0.39 is 10.0 Å². The number of thiol groups is 1. The van der Waals surface area contributed by atoms with Crippen LogP contribution in [-0.2, 0) is 24.3 Å². The number of hydrogen-bond donors (Lipinski definition) is 3. The summed E-state index contributed by atoms with van der Waals surface area (Å²) in [6, 6.07) is 13.6. The molecule has 2 N–H and O–H groups in total. The van der Waals surface area contributed by atoms with E-state index in [-0.39, 0.29) is 49.3 Å². The van der Waals surface area contributed by atoms with E-state index in [1.54, 1.807) is 12.1 Å². The highest BCUT2D eigenvalue weighted by Crippen LogP contribution is 2.22. The summed E-state index contributed by atoms with van der Waals surface area (Å²) in [7, 11) is 0.194. The number of carbonyl (C=O) groups is 2. The van der Waals surface area contributed by atoms with Crippen LogP contribution in [-0.4, -0.2) is 66.3 Å². The summed E-state index contributed by atoms with van der Waals surface area (Å²) in [4.78, 5) is 25.3. The minimum Gasteiger partial charge on any atom is -0.380 e. The number of nitrogens with one attached hydrogen (secondary N) is 2. The van der Waals surface area contributed by atoms with Crippen LogP contribution < -0.4 is 14.9 Å². The van der Waals surface area contributed by atoms with E-state index in [0.29, 0.717) is 30.0 Å². The van der Waals surface area contributed by atoms with Crippen molar-refractivity contribution in [1.29, 1.82) is 0 Å². The summed E-state index contributed by atoms with van der Waals surface area (Å²) in [5, 5.41) is 10.9. The number of anilines is 1. The van der Waals surface area contributed by atoms with Crippen molar-refractivity contribution >= 4 is 51.4 Å². The van der Waals surface area contributed by atoms with E-state index >= 15 is 0 Å². The average molecular weight is 536 g/mol. The summed E-state index contributed by atoms with van der Waals surface area (Å²) in [6.07, 6.45) is 1.13. The number of azo groups is 1. The second-order valence-corrected chi connectivity index (χ2v) is 10.2. The van der Waals surface area contributed by atoms with Gasteiger partial charge < -0.3 is 15.0 Å². The Balaban J connectivity index is 1.70. The van der Waals surface area contributed by atoms with Gasteiger partial charge in [-0.1, -0.05) is 0 Å². The Kier molecular flexibility index (Phi) is 12.5. The average Bonchev–Trinajstić information content (AvgIpc) is 2.87. The zero-order chi connectivity index (χ0) is 26.4. The fraction of sp³-hybridized carbons (Fsp3) is 0.417. The topological polar surface area (TPSA) is 130 Å². The minimum atomic E-state index is -3.71. The van der Waals surface area contributed by atoms with E-state index in [2.05, 4.69) is 32.9 Å². The Bertz CT molecular complexity index is 1100. The molecular weight excluding hydrogens is 502 g/mol. The van der Waals surface area contributed by atoms with Gasteiger partial charge in [0.2, 0.25) is 15.9 Å². The maximum atomic E-state index is 12.5. The first kappa shape index (κ1) is 29.4. The van der Waals surface area contributed by atoms with Crippen LogP contribution in [0, 0.1) is 0 Å². The first-order chi connectivity index (χ1) is 17.2. The van der Waals surface area contributed by atoms with Crippen molar-refractivity contribution in [1.82, 2.24) is 10.0 Å². The van der Waals surface area contributed by atoms with Crippen molar-refractivity contribution in [3.05, 3.63) is 48.5 Å². The summed E-state index contributed by atoms with van der Waals surface area (Å²) in [5.41, 5.74) is 2.27. The monoisotopic (exact) mass is 535 g/mol.